The van der Waals surface area contributed by atoms with Crippen LogP contribution in [0.5, 0.6) is 0 Å². The summed E-state index contributed by atoms with van der Waals surface area (Å²) < 4.78 is 0. The summed E-state index contributed by atoms with van der Waals surface area (Å²) in [4.78, 5) is 0. The first-order valence-corrected chi connectivity index (χ1v) is 5.27. The monoisotopic (exact) mass is 195 g/mol. The number of nitrogens with one attached hydrogen (secondary N) is 1. The van der Waals surface area contributed by atoms with Crippen molar-refractivity contribution < 1.29 is 0 Å². The minimum Gasteiger partial charge on any atom is -0.319 e. The zero-order valence-corrected chi connectivity index (χ0v) is 8.53. The second kappa shape index (κ2) is 3.65. The van der Waals surface area contributed by atoms with Crippen LogP contribution in [-0.2, 0) is 5.54 Å². The summed E-state index contributed by atoms with van der Waals surface area (Å²) in [5.41, 5.74) is 5.92. The number of hydrogen-bond donors (Lipinski definition) is 2. The maximum Gasteiger partial charge on any atom is 0.194 e. The first kappa shape index (κ1) is 9.58. The van der Waals surface area contributed by atoms with Crippen LogP contribution in [0.25, 0.3) is 0 Å². The second-order valence-electron chi connectivity index (χ2n) is 4.24. The van der Waals surface area contributed by atoms with Crippen molar-refractivity contribution in [2.45, 2.75) is 44.6 Å². The molecule has 0 aromatic carbocycles. The number of aromatic nitrogens is 4. The first-order valence-electron chi connectivity index (χ1n) is 5.27. The number of nitrogens with zero attached hydrogens (tertiary/aromatic N) is 3. The van der Waals surface area contributed by atoms with Gasteiger partial charge in [0.1, 0.15) is 0 Å². The molecule has 78 valence electrons. The van der Waals surface area contributed by atoms with Crippen LogP contribution in [0.3, 0.4) is 0 Å². The van der Waals surface area contributed by atoms with E-state index in [9.17, 15) is 0 Å². The van der Waals surface area contributed by atoms with Gasteiger partial charge in [0.25, 0.3) is 0 Å². The highest BCUT2D eigenvalue weighted by atomic mass is 15.5. The molecule has 5 nitrogen and oxygen atoms in total. The molecule has 1 heterocycles. The number of tetrazole rings is 1. The molecule has 0 bridgehead atoms. The molecular formula is C9H17N5. The molecule has 0 atom stereocenters. The molecule has 1 aromatic rings. The zero-order chi connectivity index (χ0) is 10.0. The van der Waals surface area contributed by atoms with Gasteiger partial charge in [0, 0.05) is 0 Å². The molecule has 1 saturated carbocycles. The fraction of sp³-hybridized carbons (Fsp3) is 0.889. The van der Waals surface area contributed by atoms with Crippen molar-refractivity contribution in [1.82, 2.24) is 20.6 Å². The van der Waals surface area contributed by atoms with Gasteiger partial charge in [-0.2, -0.15) is 5.21 Å². The Morgan fingerprint density at radius 1 is 1.50 bits per heavy atom. The smallest absolute Gasteiger partial charge is 0.194 e. The molecule has 0 amide bonds. The van der Waals surface area contributed by atoms with Crippen molar-refractivity contribution in [3.63, 3.8) is 0 Å². The Kier molecular flexibility index (Phi) is 2.50. The molecule has 0 aliphatic heterocycles. The van der Waals surface area contributed by atoms with Crippen LogP contribution < -0.4 is 5.73 Å². The average Bonchev–Trinajstić information content (AvgIpc) is 2.72. The molecule has 2 rings (SSSR count). The summed E-state index contributed by atoms with van der Waals surface area (Å²) in [6.45, 7) is 2.24. The molecule has 0 spiro atoms. The van der Waals surface area contributed by atoms with Crippen LogP contribution in [-0.4, -0.2) is 20.6 Å². The number of H-pyrrole nitrogens is 1. The van der Waals surface area contributed by atoms with E-state index in [1.165, 1.54) is 19.3 Å². The van der Waals surface area contributed by atoms with Gasteiger partial charge in [0.15, 0.2) is 5.82 Å². The molecule has 0 radical (unpaired) electrons. The minimum absolute atomic E-state index is 0.335. The van der Waals surface area contributed by atoms with Crippen molar-refractivity contribution in [3.05, 3.63) is 5.82 Å². The lowest BCUT2D eigenvalue weighted by atomic mass is 9.76. The third kappa shape index (κ3) is 1.64. The van der Waals surface area contributed by atoms with Crippen LogP contribution in [0.2, 0.25) is 0 Å². The Morgan fingerprint density at radius 3 is 2.71 bits per heavy atom. The Morgan fingerprint density at radius 2 is 2.21 bits per heavy atom. The van der Waals surface area contributed by atoms with Gasteiger partial charge < -0.3 is 5.73 Å². The van der Waals surface area contributed by atoms with Crippen LogP contribution in [0, 0.1) is 5.92 Å². The molecule has 1 aromatic heterocycles. The summed E-state index contributed by atoms with van der Waals surface area (Å²) in [6.07, 6.45) is 5.57. The van der Waals surface area contributed by atoms with E-state index in [4.69, 9.17) is 5.73 Å². The van der Waals surface area contributed by atoms with Crippen molar-refractivity contribution in [3.8, 4) is 0 Å². The molecule has 1 fully saturated rings. The van der Waals surface area contributed by atoms with Gasteiger partial charge >= 0.3 is 0 Å². The number of nitrogens with two attached hydrogens (primary N) is 1. The average molecular weight is 195 g/mol. The van der Waals surface area contributed by atoms with Crippen molar-refractivity contribution >= 4 is 0 Å². The highest BCUT2D eigenvalue weighted by Gasteiger charge is 2.35. The van der Waals surface area contributed by atoms with E-state index in [2.05, 4.69) is 27.5 Å². The topological polar surface area (TPSA) is 80.5 Å². The fourth-order valence-electron chi connectivity index (χ4n) is 2.20. The van der Waals surface area contributed by atoms with E-state index in [0.717, 1.165) is 18.8 Å². The molecule has 0 saturated heterocycles. The van der Waals surface area contributed by atoms with Crippen LogP contribution in [0.1, 0.15) is 44.9 Å². The van der Waals surface area contributed by atoms with E-state index in [0.29, 0.717) is 5.82 Å². The van der Waals surface area contributed by atoms with Crippen LogP contribution in [0.15, 0.2) is 0 Å². The third-order valence-corrected chi connectivity index (χ3v) is 3.37. The Labute approximate surface area is 83.5 Å². The van der Waals surface area contributed by atoms with Gasteiger partial charge in [-0.05, 0) is 31.6 Å². The van der Waals surface area contributed by atoms with Crippen molar-refractivity contribution in [2.24, 2.45) is 11.7 Å². The SMILES string of the molecule is CCC1CCC(N)(c2nn[nH]n2)CC1. The molecule has 0 unspecified atom stereocenters. The van der Waals surface area contributed by atoms with E-state index in [-0.39, 0.29) is 5.54 Å². The molecule has 1 aliphatic rings. The van der Waals surface area contributed by atoms with Crippen molar-refractivity contribution in [1.29, 1.82) is 0 Å². The lowest BCUT2D eigenvalue weighted by Crippen LogP contribution is -2.41. The van der Waals surface area contributed by atoms with Crippen LogP contribution >= 0.6 is 0 Å². The Bertz CT molecular complexity index is 273. The maximum atomic E-state index is 6.26. The fourth-order valence-corrected chi connectivity index (χ4v) is 2.20. The number of aromatic amines is 1. The summed E-state index contributed by atoms with van der Waals surface area (Å²) in [7, 11) is 0. The molecular weight excluding hydrogens is 178 g/mol. The predicted molar refractivity (Wildman–Crippen MR) is 52.3 cm³/mol. The predicted octanol–water partition coefficient (Wildman–Crippen LogP) is 0.954. The normalized spacial score (nSPS) is 33.1. The Balaban J connectivity index is 2.06. The maximum absolute atomic E-state index is 6.26. The highest BCUT2D eigenvalue weighted by Crippen LogP contribution is 2.36. The lowest BCUT2D eigenvalue weighted by molar-refractivity contribution is 0.222. The summed E-state index contributed by atoms with van der Waals surface area (Å²) >= 11 is 0. The van der Waals surface area contributed by atoms with E-state index in [1.54, 1.807) is 0 Å². The van der Waals surface area contributed by atoms with Crippen LogP contribution in [0.4, 0.5) is 0 Å². The summed E-state index contributed by atoms with van der Waals surface area (Å²) in [5.74, 6) is 1.51. The van der Waals surface area contributed by atoms with Gasteiger partial charge in [-0.25, -0.2) is 0 Å². The Hall–Kier alpha value is -0.970. The van der Waals surface area contributed by atoms with E-state index in [1.807, 2.05) is 0 Å². The summed E-state index contributed by atoms with van der Waals surface area (Å²) in [6, 6.07) is 0. The standard InChI is InChI=1S/C9H17N5/c1-2-7-3-5-9(10,6-4-7)8-11-13-14-12-8/h7H,2-6,10H2,1H3,(H,11,12,13,14). The zero-order valence-electron chi connectivity index (χ0n) is 8.53. The highest BCUT2D eigenvalue weighted by molar-refractivity contribution is 5.03. The molecule has 1 aliphatic carbocycles. The van der Waals surface area contributed by atoms with Gasteiger partial charge in [-0.1, -0.05) is 18.6 Å². The van der Waals surface area contributed by atoms with Crippen molar-refractivity contribution in [2.75, 3.05) is 0 Å². The quantitative estimate of drug-likeness (QED) is 0.736. The van der Waals surface area contributed by atoms with Gasteiger partial charge in [0.05, 0.1) is 5.54 Å². The molecule has 5 heteroatoms. The number of hydrogen-bond acceptors (Lipinski definition) is 4. The van der Waals surface area contributed by atoms with Gasteiger partial charge in [0.2, 0.25) is 0 Å². The third-order valence-electron chi connectivity index (χ3n) is 3.37. The van der Waals surface area contributed by atoms with E-state index < -0.39 is 0 Å². The number of rotatable bonds is 2. The molecule has 3 N–H and O–H groups in total. The molecule has 14 heavy (non-hydrogen) atoms. The minimum atomic E-state index is -0.335. The lowest BCUT2D eigenvalue weighted by Gasteiger charge is -2.34. The van der Waals surface area contributed by atoms with E-state index >= 15 is 0 Å². The second-order valence-corrected chi connectivity index (χ2v) is 4.24. The van der Waals surface area contributed by atoms with Gasteiger partial charge in [-0.15, -0.1) is 10.2 Å². The summed E-state index contributed by atoms with van der Waals surface area (Å²) in [5, 5.41) is 14.0. The first-order chi connectivity index (χ1) is 6.74. The largest absolute Gasteiger partial charge is 0.319 e. The van der Waals surface area contributed by atoms with Gasteiger partial charge in [-0.3, -0.25) is 0 Å².